The number of piperazine rings is 1. The number of nitrogens with zero attached hydrogens (tertiary/aromatic N) is 3. The van der Waals surface area contributed by atoms with E-state index in [0.717, 1.165) is 44.0 Å². The molecule has 7 heteroatoms. The predicted molar refractivity (Wildman–Crippen MR) is 129 cm³/mol. The molecule has 2 aromatic carbocycles. The normalized spacial score (nSPS) is 15.2. The minimum Gasteiger partial charge on any atom is -0.491 e. The quantitative estimate of drug-likeness (QED) is 0.525. The second kappa shape index (κ2) is 10.9. The smallest absolute Gasteiger partial charge is 0.248 e. The van der Waals surface area contributed by atoms with Crippen LogP contribution in [0.25, 0.3) is 11.3 Å². The Balaban J connectivity index is 1.23. The SMILES string of the molecule is NC(=O)c1ccc(OCC(O)CCN2CCN(c3ccccc3-c3ccccn3)CC2)cc1. The topological polar surface area (TPSA) is 91.9 Å². The number of anilines is 1. The summed E-state index contributed by atoms with van der Waals surface area (Å²) in [5.41, 5.74) is 9.04. The van der Waals surface area contributed by atoms with E-state index in [1.165, 1.54) is 5.69 Å². The Bertz CT molecular complexity index is 1030. The zero-order chi connectivity index (χ0) is 23.0. The van der Waals surface area contributed by atoms with Gasteiger partial charge in [0.15, 0.2) is 0 Å². The van der Waals surface area contributed by atoms with Crippen molar-refractivity contribution in [2.75, 3.05) is 44.2 Å². The molecule has 0 radical (unpaired) electrons. The van der Waals surface area contributed by atoms with Crippen molar-refractivity contribution in [1.29, 1.82) is 0 Å². The van der Waals surface area contributed by atoms with Crippen molar-refractivity contribution < 1.29 is 14.6 Å². The van der Waals surface area contributed by atoms with E-state index in [0.29, 0.717) is 17.7 Å². The number of pyridine rings is 1. The molecular weight excluding hydrogens is 416 g/mol. The Morgan fingerprint density at radius 3 is 2.42 bits per heavy atom. The van der Waals surface area contributed by atoms with Gasteiger partial charge in [-0.15, -0.1) is 0 Å². The second-order valence-electron chi connectivity index (χ2n) is 8.20. The summed E-state index contributed by atoms with van der Waals surface area (Å²) < 4.78 is 5.64. The number of amides is 1. The third-order valence-electron chi connectivity index (χ3n) is 5.92. The molecule has 0 bridgehead atoms. The molecule has 1 aromatic heterocycles. The van der Waals surface area contributed by atoms with E-state index < -0.39 is 12.0 Å². The summed E-state index contributed by atoms with van der Waals surface area (Å²) in [5.74, 6) is 0.140. The third kappa shape index (κ3) is 6.09. The van der Waals surface area contributed by atoms with Crippen LogP contribution in [0, 0.1) is 0 Å². The van der Waals surface area contributed by atoms with Gasteiger partial charge in [-0.3, -0.25) is 14.7 Å². The first-order valence-corrected chi connectivity index (χ1v) is 11.3. The molecule has 172 valence electrons. The van der Waals surface area contributed by atoms with Crippen molar-refractivity contribution in [1.82, 2.24) is 9.88 Å². The maximum Gasteiger partial charge on any atom is 0.248 e. The number of hydrogen-bond acceptors (Lipinski definition) is 6. The molecule has 1 unspecified atom stereocenters. The summed E-state index contributed by atoms with van der Waals surface area (Å²) in [6, 6.07) is 21.0. The van der Waals surface area contributed by atoms with Gasteiger partial charge in [0.2, 0.25) is 5.91 Å². The first-order chi connectivity index (χ1) is 16.1. The lowest BCUT2D eigenvalue weighted by molar-refractivity contribution is 0.0865. The van der Waals surface area contributed by atoms with Crippen LogP contribution >= 0.6 is 0 Å². The molecule has 7 nitrogen and oxygen atoms in total. The van der Waals surface area contributed by atoms with Crippen molar-refractivity contribution in [3.8, 4) is 17.0 Å². The zero-order valence-electron chi connectivity index (χ0n) is 18.6. The van der Waals surface area contributed by atoms with Crippen LogP contribution in [0.3, 0.4) is 0 Å². The van der Waals surface area contributed by atoms with E-state index in [9.17, 15) is 9.90 Å². The van der Waals surface area contributed by atoms with E-state index in [1.54, 1.807) is 24.3 Å². The van der Waals surface area contributed by atoms with Crippen LogP contribution in [-0.4, -0.2) is 66.3 Å². The Hall–Kier alpha value is -3.42. The van der Waals surface area contributed by atoms with Crippen LogP contribution in [0.4, 0.5) is 5.69 Å². The molecule has 1 aliphatic rings. The molecule has 0 aliphatic carbocycles. The molecule has 2 heterocycles. The highest BCUT2D eigenvalue weighted by atomic mass is 16.5. The first-order valence-electron chi connectivity index (χ1n) is 11.3. The Labute approximate surface area is 194 Å². The summed E-state index contributed by atoms with van der Waals surface area (Å²) in [6.07, 6.45) is 1.92. The summed E-state index contributed by atoms with van der Waals surface area (Å²) >= 11 is 0. The van der Waals surface area contributed by atoms with Crippen LogP contribution in [0.15, 0.2) is 72.9 Å². The monoisotopic (exact) mass is 446 g/mol. The Morgan fingerprint density at radius 2 is 1.73 bits per heavy atom. The van der Waals surface area contributed by atoms with Gasteiger partial charge < -0.3 is 20.5 Å². The molecule has 1 fully saturated rings. The average molecular weight is 447 g/mol. The fourth-order valence-corrected chi connectivity index (χ4v) is 4.02. The van der Waals surface area contributed by atoms with Gasteiger partial charge in [-0.1, -0.05) is 24.3 Å². The van der Waals surface area contributed by atoms with Gasteiger partial charge in [0.05, 0.1) is 11.8 Å². The van der Waals surface area contributed by atoms with Gasteiger partial charge in [-0.05, 0) is 48.9 Å². The van der Waals surface area contributed by atoms with Crippen LogP contribution in [0.5, 0.6) is 5.75 Å². The van der Waals surface area contributed by atoms with Gasteiger partial charge >= 0.3 is 0 Å². The number of ether oxygens (including phenoxy) is 1. The van der Waals surface area contributed by atoms with Gasteiger partial charge in [-0.2, -0.15) is 0 Å². The van der Waals surface area contributed by atoms with Crippen LogP contribution < -0.4 is 15.4 Å². The van der Waals surface area contributed by atoms with Gasteiger partial charge in [-0.25, -0.2) is 0 Å². The number of benzene rings is 2. The van der Waals surface area contributed by atoms with Crippen molar-refractivity contribution in [3.63, 3.8) is 0 Å². The van der Waals surface area contributed by atoms with Crippen molar-refractivity contribution in [2.24, 2.45) is 5.73 Å². The van der Waals surface area contributed by atoms with E-state index in [4.69, 9.17) is 10.5 Å². The van der Waals surface area contributed by atoms with Gasteiger partial charge in [0.1, 0.15) is 12.4 Å². The highest BCUT2D eigenvalue weighted by Crippen LogP contribution is 2.30. The molecule has 3 aromatic rings. The lowest BCUT2D eigenvalue weighted by atomic mass is 10.1. The lowest BCUT2D eigenvalue weighted by Crippen LogP contribution is -2.47. The van der Waals surface area contributed by atoms with Crippen molar-refractivity contribution >= 4 is 11.6 Å². The van der Waals surface area contributed by atoms with Crippen molar-refractivity contribution in [2.45, 2.75) is 12.5 Å². The molecule has 3 N–H and O–H groups in total. The van der Waals surface area contributed by atoms with E-state index in [1.807, 2.05) is 24.4 Å². The van der Waals surface area contributed by atoms with Crippen LogP contribution in [0.2, 0.25) is 0 Å². The Kier molecular flexibility index (Phi) is 7.55. The summed E-state index contributed by atoms with van der Waals surface area (Å²) in [6.45, 7) is 4.79. The number of nitrogens with two attached hydrogens (primary N) is 1. The summed E-state index contributed by atoms with van der Waals surface area (Å²) in [5, 5.41) is 10.3. The zero-order valence-corrected chi connectivity index (χ0v) is 18.6. The second-order valence-corrected chi connectivity index (χ2v) is 8.20. The summed E-state index contributed by atoms with van der Waals surface area (Å²) in [7, 11) is 0. The van der Waals surface area contributed by atoms with Gasteiger partial charge in [0.25, 0.3) is 0 Å². The molecule has 1 saturated heterocycles. The van der Waals surface area contributed by atoms with Crippen LogP contribution in [-0.2, 0) is 0 Å². The maximum absolute atomic E-state index is 11.1. The fourth-order valence-electron chi connectivity index (χ4n) is 4.02. The number of carbonyl (C=O) groups is 1. The fraction of sp³-hybridized carbons (Fsp3) is 0.308. The average Bonchev–Trinajstić information content (AvgIpc) is 2.87. The molecule has 1 aliphatic heterocycles. The molecule has 4 rings (SSSR count). The number of aromatic nitrogens is 1. The maximum atomic E-state index is 11.1. The molecular formula is C26H30N4O3. The lowest BCUT2D eigenvalue weighted by Gasteiger charge is -2.37. The number of aliphatic hydroxyl groups is 1. The number of para-hydroxylation sites is 1. The minimum atomic E-state index is -0.552. The molecule has 1 amide bonds. The molecule has 33 heavy (non-hydrogen) atoms. The summed E-state index contributed by atoms with van der Waals surface area (Å²) in [4.78, 5) is 20.4. The number of carbonyl (C=O) groups excluding carboxylic acids is 1. The van der Waals surface area contributed by atoms with Gasteiger partial charge in [0, 0.05) is 55.7 Å². The third-order valence-corrected chi connectivity index (χ3v) is 5.92. The van der Waals surface area contributed by atoms with E-state index in [2.05, 4.69) is 39.0 Å². The Morgan fingerprint density at radius 1 is 1.00 bits per heavy atom. The minimum absolute atomic E-state index is 0.216. The highest BCUT2D eigenvalue weighted by Gasteiger charge is 2.20. The van der Waals surface area contributed by atoms with Crippen molar-refractivity contribution in [3.05, 3.63) is 78.5 Å². The first kappa shape index (κ1) is 22.8. The largest absolute Gasteiger partial charge is 0.491 e. The highest BCUT2D eigenvalue weighted by molar-refractivity contribution is 5.92. The number of rotatable bonds is 9. The number of hydrogen-bond donors (Lipinski definition) is 2. The predicted octanol–water partition coefficient (Wildman–Crippen LogP) is 2.80. The molecule has 0 saturated carbocycles. The van der Waals surface area contributed by atoms with E-state index in [-0.39, 0.29) is 6.61 Å². The standard InChI is InChI=1S/C26H30N4O3/c27-26(32)20-8-10-22(11-9-20)33-19-21(31)12-14-29-15-17-30(18-16-29)25-7-2-1-5-23(25)24-6-3-4-13-28-24/h1-11,13,21,31H,12,14-19H2,(H2,27,32). The number of aliphatic hydroxyl groups excluding tert-OH is 1. The molecule has 1 atom stereocenters. The van der Waals surface area contributed by atoms with Crippen LogP contribution in [0.1, 0.15) is 16.8 Å². The van der Waals surface area contributed by atoms with E-state index >= 15 is 0 Å². The number of primary amides is 1. The molecule has 0 spiro atoms.